The Balaban J connectivity index is 2.17. The minimum Gasteiger partial charge on any atom is -0.299 e. The summed E-state index contributed by atoms with van der Waals surface area (Å²) in [4.78, 5) is 24.7. The molecule has 0 aliphatic heterocycles. The number of hydrogen-bond donors (Lipinski definition) is 0. The van der Waals surface area contributed by atoms with Crippen molar-refractivity contribution < 1.29 is 9.59 Å². The molecule has 0 saturated heterocycles. The third kappa shape index (κ3) is 3.27. The molecule has 2 rings (SSSR count). The fraction of sp³-hybridized carbons (Fsp3) is 0.882. The number of carbonyl (C=O) groups excluding carboxylic acids is 2. The predicted molar refractivity (Wildman–Crippen MR) is 76.9 cm³/mol. The molecule has 0 N–H and O–H groups in total. The number of Topliss-reactive ketones (excluding diaryl/α,β-unsaturated/α-hetero) is 2. The Kier molecular flexibility index (Phi) is 4.47. The molecule has 2 fully saturated rings. The molecule has 2 aliphatic rings. The first-order chi connectivity index (χ1) is 8.92. The van der Waals surface area contributed by atoms with Crippen molar-refractivity contribution in [1.82, 2.24) is 0 Å². The molecular formula is C17H28O2. The van der Waals surface area contributed by atoms with E-state index in [1.807, 2.05) is 0 Å². The zero-order chi connectivity index (χ0) is 14.0. The van der Waals surface area contributed by atoms with Crippen LogP contribution in [0.5, 0.6) is 0 Å². The van der Waals surface area contributed by atoms with Gasteiger partial charge in [0.1, 0.15) is 11.6 Å². The molecule has 0 amide bonds. The lowest BCUT2D eigenvalue weighted by Gasteiger charge is -2.31. The zero-order valence-electron chi connectivity index (χ0n) is 12.7. The summed E-state index contributed by atoms with van der Waals surface area (Å²) >= 11 is 0. The van der Waals surface area contributed by atoms with Crippen LogP contribution < -0.4 is 0 Å². The molecule has 2 nitrogen and oxygen atoms in total. The van der Waals surface area contributed by atoms with Crippen molar-refractivity contribution in [3.05, 3.63) is 0 Å². The van der Waals surface area contributed by atoms with Gasteiger partial charge in [-0.05, 0) is 37.0 Å². The lowest BCUT2D eigenvalue weighted by Crippen LogP contribution is -2.30. The van der Waals surface area contributed by atoms with Gasteiger partial charge in [-0.2, -0.15) is 0 Å². The zero-order valence-corrected chi connectivity index (χ0v) is 12.7. The topological polar surface area (TPSA) is 34.1 Å². The van der Waals surface area contributed by atoms with Crippen LogP contribution in [-0.2, 0) is 9.59 Å². The van der Waals surface area contributed by atoms with Gasteiger partial charge in [0, 0.05) is 24.7 Å². The number of rotatable bonds is 1. The number of ketones is 2. The summed E-state index contributed by atoms with van der Waals surface area (Å²) in [7, 11) is 0. The van der Waals surface area contributed by atoms with E-state index >= 15 is 0 Å². The lowest BCUT2D eigenvalue weighted by atomic mass is 9.73. The first-order valence-electron chi connectivity index (χ1n) is 7.97. The SMILES string of the molecule is CC1CC(C2CCCCCC2=O)C(=O)CCC1(C)C. The molecule has 108 valence electrons. The van der Waals surface area contributed by atoms with Gasteiger partial charge in [-0.3, -0.25) is 9.59 Å². The minimum absolute atomic E-state index is 0.0161. The molecular weight excluding hydrogens is 236 g/mol. The van der Waals surface area contributed by atoms with Crippen molar-refractivity contribution in [2.75, 3.05) is 0 Å². The second kappa shape index (κ2) is 5.76. The maximum atomic E-state index is 12.5. The van der Waals surface area contributed by atoms with E-state index in [-0.39, 0.29) is 17.3 Å². The summed E-state index contributed by atoms with van der Waals surface area (Å²) in [6, 6.07) is 0. The standard InChI is InChI=1S/C17H28O2/c1-12-11-14(16(19)9-10-17(12,2)3)13-7-5-4-6-8-15(13)18/h12-14H,4-11H2,1-3H3. The van der Waals surface area contributed by atoms with Crippen molar-refractivity contribution in [2.45, 2.75) is 72.1 Å². The van der Waals surface area contributed by atoms with Crippen molar-refractivity contribution in [3.63, 3.8) is 0 Å². The fourth-order valence-electron chi connectivity index (χ4n) is 3.71. The van der Waals surface area contributed by atoms with Gasteiger partial charge in [0.2, 0.25) is 0 Å². The van der Waals surface area contributed by atoms with E-state index in [1.54, 1.807) is 0 Å². The number of carbonyl (C=O) groups is 2. The summed E-state index contributed by atoms with van der Waals surface area (Å²) in [5.41, 5.74) is 0.234. The van der Waals surface area contributed by atoms with Gasteiger partial charge < -0.3 is 0 Å². The average molecular weight is 264 g/mol. The Hall–Kier alpha value is -0.660. The van der Waals surface area contributed by atoms with E-state index in [0.29, 0.717) is 30.3 Å². The van der Waals surface area contributed by atoms with Crippen LogP contribution in [0.4, 0.5) is 0 Å². The second-order valence-corrected chi connectivity index (χ2v) is 7.37. The van der Waals surface area contributed by atoms with Gasteiger partial charge in [0.15, 0.2) is 0 Å². The van der Waals surface area contributed by atoms with E-state index in [0.717, 1.165) is 38.5 Å². The van der Waals surface area contributed by atoms with Crippen LogP contribution >= 0.6 is 0 Å². The summed E-state index contributed by atoms with van der Waals surface area (Å²) < 4.78 is 0. The third-order valence-corrected chi connectivity index (χ3v) is 5.71. The van der Waals surface area contributed by atoms with Gasteiger partial charge in [-0.25, -0.2) is 0 Å². The molecule has 3 atom stereocenters. The first kappa shape index (κ1) is 14.7. The highest BCUT2D eigenvalue weighted by Crippen LogP contribution is 2.43. The molecule has 0 spiro atoms. The van der Waals surface area contributed by atoms with Gasteiger partial charge in [0.05, 0.1) is 0 Å². The Labute approximate surface area is 117 Å². The highest BCUT2D eigenvalue weighted by Gasteiger charge is 2.40. The molecule has 2 saturated carbocycles. The fourth-order valence-corrected chi connectivity index (χ4v) is 3.71. The molecule has 2 heteroatoms. The van der Waals surface area contributed by atoms with E-state index in [9.17, 15) is 9.59 Å². The minimum atomic E-state index is 0.0161. The van der Waals surface area contributed by atoms with Gasteiger partial charge >= 0.3 is 0 Å². The van der Waals surface area contributed by atoms with Crippen LogP contribution in [0.15, 0.2) is 0 Å². The van der Waals surface area contributed by atoms with Crippen molar-refractivity contribution >= 4 is 11.6 Å². The lowest BCUT2D eigenvalue weighted by molar-refractivity contribution is -0.132. The largest absolute Gasteiger partial charge is 0.299 e. The van der Waals surface area contributed by atoms with E-state index in [2.05, 4.69) is 20.8 Å². The van der Waals surface area contributed by atoms with Crippen LogP contribution in [0.3, 0.4) is 0 Å². The highest BCUT2D eigenvalue weighted by atomic mass is 16.1. The van der Waals surface area contributed by atoms with E-state index in [4.69, 9.17) is 0 Å². The Morgan fingerprint density at radius 2 is 1.63 bits per heavy atom. The molecule has 0 heterocycles. The Morgan fingerprint density at radius 1 is 0.947 bits per heavy atom. The van der Waals surface area contributed by atoms with Crippen molar-refractivity contribution in [2.24, 2.45) is 23.2 Å². The maximum absolute atomic E-state index is 12.5. The van der Waals surface area contributed by atoms with Crippen LogP contribution in [0.1, 0.15) is 72.1 Å². The van der Waals surface area contributed by atoms with E-state index < -0.39 is 0 Å². The summed E-state index contributed by atoms with van der Waals surface area (Å²) in [6.07, 6.45) is 7.52. The monoisotopic (exact) mass is 264 g/mol. The molecule has 19 heavy (non-hydrogen) atoms. The smallest absolute Gasteiger partial charge is 0.136 e. The normalized spacial score (nSPS) is 36.7. The molecule has 0 radical (unpaired) electrons. The molecule has 2 aliphatic carbocycles. The second-order valence-electron chi connectivity index (χ2n) is 7.37. The predicted octanol–water partition coefficient (Wildman–Crippen LogP) is 4.17. The summed E-state index contributed by atoms with van der Waals surface area (Å²) in [5, 5.41) is 0. The van der Waals surface area contributed by atoms with Crippen LogP contribution in [-0.4, -0.2) is 11.6 Å². The highest BCUT2D eigenvalue weighted by molar-refractivity contribution is 5.90. The van der Waals surface area contributed by atoms with E-state index in [1.165, 1.54) is 0 Å². The van der Waals surface area contributed by atoms with Crippen molar-refractivity contribution in [3.8, 4) is 0 Å². The van der Waals surface area contributed by atoms with Crippen LogP contribution in [0.25, 0.3) is 0 Å². The molecule has 3 unspecified atom stereocenters. The Morgan fingerprint density at radius 3 is 2.37 bits per heavy atom. The Bertz CT molecular complexity index is 356. The maximum Gasteiger partial charge on any atom is 0.136 e. The average Bonchev–Trinajstić information content (AvgIpc) is 2.61. The third-order valence-electron chi connectivity index (χ3n) is 5.71. The number of hydrogen-bond acceptors (Lipinski definition) is 2. The van der Waals surface area contributed by atoms with Crippen LogP contribution in [0.2, 0.25) is 0 Å². The quantitative estimate of drug-likeness (QED) is 0.666. The van der Waals surface area contributed by atoms with Crippen molar-refractivity contribution in [1.29, 1.82) is 0 Å². The summed E-state index contributed by atoms with van der Waals surface area (Å²) in [6.45, 7) is 6.79. The van der Waals surface area contributed by atoms with Gasteiger partial charge in [-0.15, -0.1) is 0 Å². The van der Waals surface area contributed by atoms with Gasteiger partial charge in [0.25, 0.3) is 0 Å². The first-order valence-corrected chi connectivity index (χ1v) is 7.97. The van der Waals surface area contributed by atoms with Crippen LogP contribution in [0, 0.1) is 23.2 Å². The summed E-state index contributed by atoms with van der Waals surface area (Å²) in [5.74, 6) is 1.30. The van der Waals surface area contributed by atoms with Gasteiger partial charge in [-0.1, -0.05) is 33.6 Å². The molecule has 0 aromatic heterocycles. The molecule has 0 bridgehead atoms. The molecule has 0 aromatic carbocycles. The molecule has 0 aromatic rings.